The second kappa shape index (κ2) is 6.15. The van der Waals surface area contributed by atoms with Crippen molar-refractivity contribution in [1.82, 2.24) is 15.3 Å². The van der Waals surface area contributed by atoms with Crippen molar-refractivity contribution < 1.29 is 14.3 Å². The van der Waals surface area contributed by atoms with Gasteiger partial charge in [0.2, 0.25) is 5.91 Å². The minimum absolute atomic E-state index is 0.148. The Bertz CT molecular complexity index is 225. The van der Waals surface area contributed by atoms with E-state index in [0.717, 1.165) is 26.3 Å². The maximum atomic E-state index is 11.8. The van der Waals surface area contributed by atoms with E-state index in [1.807, 2.05) is 9.91 Å². The van der Waals surface area contributed by atoms with Gasteiger partial charge in [-0.25, -0.2) is 10.4 Å². The number of hydrogen-bond acceptors (Lipinski definition) is 5. The normalized spacial score (nSPS) is 23.4. The molecule has 6 heteroatoms. The maximum Gasteiger partial charge on any atom is 0.238 e. The molecule has 16 heavy (non-hydrogen) atoms. The third-order valence-corrected chi connectivity index (χ3v) is 2.83. The lowest BCUT2D eigenvalue weighted by Crippen LogP contribution is -2.51. The first kappa shape index (κ1) is 11.8. The van der Waals surface area contributed by atoms with Gasteiger partial charge < -0.3 is 14.4 Å². The molecule has 2 fully saturated rings. The molecule has 6 nitrogen and oxygen atoms in total. The summed E-state index contributed by atoms with van der Waals surface area (Å²) < 4.78 is 10.4. The van der Waals surface area contributed by atoms with Crippen LogP contribution in [0.1, 0.15) is 0 Å². The van der Waals surface area contributed by atoms with Crippen LogP contribution in [-0.2, 0) is 14.3 Å². The minimum Gasteiger partial charge on any atom is -0.379 e. The summed E-state index contributed by atoms with van der Waals surface area (Å²) in [7, 11) is 0. The molecular weight excluding hydrogens is 210 g/mol. The van der Waals surface area contributed by atoms with Gasteiger partial charge >= 0.3 is 0 Å². The quantitative estimate of drug-likeness (QED) is 0.650. The zero-order valence-electron chi connectivity index (χ0n) is 9.48. The van der Waals surface area contributed by atoms with Crippen LogP contribution in [0, 0.1) is 0 Å². The van der Waals surface area contributed by atoms with Gasteiger partial charge in [0.25, 0.3) is 0 Å². The van der Waals surface area contributed by atoms with E-state index in [1.54, 1.807) is 0 Å². The largest absolute Gasteiger partial charge is 0.379 e. The molecule has 0 saturated carbocycles. The number of hydrogen-bond donors (Lipinski definition) is 1. The van der Waals surface area contributed by atoms with Gasteiger partial charge in [-0.15, -0.1) is 0 Å². The fourth-order valence-corrected chi connectivity index (χ4v) is 1.83. The number of nitrogens with zero attached hydrogens (tertiary/aromatic N) is 2. The monoisotopic (exact) mass is 229 g/mol. The summed E-state index contributed by atoms with van der Waals surface area (Å²) in [4.78, 5) is 13.6. The molecule has 2 heterocycles. The SMILES string of the molecule is O=C(CNN1CCOCC1)N1CCOCC1. The molecular formula is C10H19N3O3. The molecule has 0 unspecified atom stereocenters. The van der Waals surface area contributed by atoms with Crippen LogP contribution in [0.25, 0.3) is 0 Å². The van der Waals surface area contributed by atoms with Crippen LogP contribution < -0.4 is 5.43 Å². The van der Waals surface area contributed by atoms with Crippen molar-refractivity contribution >= 4 is 5.91 Å². The van der Waals surface area contributed by atoms with E-state index in [0.29, 0.717) is 32.8 Å². The number of hydrazine groups is 1. The first-order valence-corrected chi connectivity index (χ1v) is 5.78. The smallest absolute Gasteiger partial charge is 0.238 e. The number of rotatable bonds is 3. The van der Waals surface area contributed by atoms with E-state index in [2.05, 4.69) is 5.43 Å². The summed E-state index contributed by atoms with van der Waals surface area (Å²) in [5.41, 5.74) is 3.14. The number of amides is 1. The fourth-order valence-electron chi connectivity index (χ4n) is 1.83. The molecule has 0 radical (unpaired) electrons. The van der Waals surface area contributed by atoms with Crippen LogP contribution in [-0.4, -0.2) is 75.0 Å². The molecule has 0 aliphatic carbocycles. The number of carbonyl (C=O) groups excluding carboxylic acids is 1. The molecule has 0 bridgehead atoms. The molecule has 2 aliphatic rings. The van der Waals surface area contributed by atoms with Crippen LogP contribution in [0.15, 0.2) is 0 Å². The van der Waals surface area contributed by atoms with Crippen LogP contribution in [0.3, 0.4) is 0 Å². The summed E-state index contributed by atoms with van der Waals surface area (Å²) in [6.45, 7) is 6.27. The van der Waals surface area contributed by atoms with E-state index in [9.17, 15) is 4.79 Å². The Morgan fingerprint density at radius 2 is 1.56 bits per heavy atom. The Morgan fingerprint density at radius 3 is 2.19 bits per heavy atom. The van der Waals surface area contributed by atoms with Gasteiger partial charge in [0.1, 0.15) is 0 Å². The highest BCUT2D eigenvalue weighted by atomic mass is 16.5. The number of morpholine rings is 2. The van der Waals surface area contributed by atoms with Gasteiger partial charge in [-0.05, 0) is 0 Å². The highest BCUT2D eigenvalue weighted by Gasteiger charge is 2.18. The molecule has 1 N–H and O–H groups in total. The van der Waals surface area contributed by atoms with E-state index in [-0.39, 0.29) is 5.91 Å². The second-order valence-electron chi connectivity index (χ2n) is 3.93. The maximum absolute atomic E-state index is 11.8. The molecule has 0 aromatic heterocycles. The minimum atomic E-state index is 0.148. The Labute approximate surface area is 95.4 Å². The molecule has 2 saturated heterocycles. The summed E-state index contributed by atoms with van der Waals surface area (Å²) in [6.07, 6.45) is 0. The standard InChI is InChI=1S/C10H19N3O3/c14-10(12-1-5-15-6-2-12)9-11-13-3-7-16-8-4-13/h11H,1-9H2. The zero-order chi connectivity index (χ0) is 11.2. The average molecular weight is 229 g/mol. The van der Waals surface area contributed by atoms with Gasteiger partial charge in [0.05, 0.1) is 33.0 Å². The summed E-state index contributed by atoms with van der Waals surface area (Å²) >= 11 is 0. The molecule has 0 spiro atoms. The molecule has 0 aromatic carbocycles. The Balaban J connectivity index is 1.65. The van der Waals surface area contributed by atoms with Gasteiger partial charge in [-0.3, -0.25) is 4.79 Å². The van der Waals surface area contributed by atoms with Crippen LogP contribution in [0.4, 0.5) is 0 Å². The van der Waals surface area contributed by atoms with E-state index in [4.69, 9.17) is 9.47 Å². The highest BCUT2D eigenvalue weighted by Crippen LogP contribution is 1.97. The lowest BCUT2D eigenvalue weighted by Gasteiger charge is -2.30. The third kappa shape index (κ3) is 3.41. The van der Waals surface area contributed by atoms with Crippen molar-refractivity contribution in [2.24, 2.45) is 0 Å². The van der Waals surface area contributed by atoms with Crippen molar-refractivity contribution in [3.05, 3.63) is 0 Å². The van der Waals surface area contributed by atoms with Crippen LogP contribution in [0.2, 0.25) is 0 Å². The van der Waals surface area contributed by atoms with Crippen molar-refractivity contribution in [2.45, 2.75) is 0 Å². The topological polar surface area (TPSA) is 54.0 Å². The van der Waals surface area contributed by atoms with E-state index >= 15 is 0 Å². The zero-order valence-corrected chi connectivity index (χ0v) is 9.48. The highest BCUT2D eigenvalue weighted by molar-refractivity contribution is 5.78. The molecule has 92 valence electrons. The summed E-state index contributed by atoms with van der Waals surface area (Å²) in [5, 5.41) is 2.04. The van der Waals surface area contributed by atoms with Crippen LogP contribution >= 0.6 is 0 Å². The number of carbonyl (C=O) groups is 1. The fraction of sp³-hybridized carbons (Fsp3) is 0.900. The predicted octanol–water partition coefficient (Wildman–Crippen LogP) is -1.32. The molecule has 0 atom stereocenters. The molecule has 1 amide bonds. The Hall–Kier alpha value is -0.690. The van der Waals surface area contributed by atoms with E-state index in [1.165, 1.54) is 0 Å². The first-order valence-electron chi connectivity index (χ1n) is 5.78. The summed E-state index contributed by atoms with van der Waals surface area (Å²) in [5.74, 6) is 0.148. The molecule has 2 rings (SSSR count). The van der Waals surface area contributed by atoms with Gasteiger partial charge in [-0.1, -0.05) is 0 Å². The van der Waals surface area contributed by atoms with Gasteiger partial charge in [0.15, 0.2) is 0 Å². The van der Waals surface area contributed by atoms with Crippen molar-refractivity contribution in [3.8, 4) is 0 Å². The lowest BCUT2D eigenvalue weighted by molar-refractivity contribution is -0.135. The third-order valence-electron chi connectivity index (χ3n) is 2.83. The second-order valence-corrected chi connectivity index (χ2v) is 3.93. The van der Waals surface area contributed by atoms with E-state index < -0.39 is 0 Å². The Kier molecular flexibility index (Phi) is 4.53. The first-order chi connectivity index (χ1) is 7.86. The molecule has 0 aromatic rings. The predicted molar refractivity (Wildman–Crippen MR) is 57.8 cm³/mol. The van der Waals surface area contributed by atoms with Crippen molar-refractivity contribution in [1.29, 1.82) is 0 Å². The lowest BCUT2D eigenvalue weighted by atomic mass is 10.4. The average Bonchev–Trinajstić information content (AvgIpc) is 2.38. The van der Waals surface area contributed by atoms with Crippen molar-refractivity contribution in [3.63, 3.8) is 0 Å². The van der Waals surface area contributed by atoms with Gasteiger partial charge in [0, 0.05) is 26.2 Å². The van der Waals surface area contributed by atoms with Gasteiger partial charge in [-0.2, -0.15) is 0 Å². The summed E-state index contributed by atoms with van der Waals surface area (Å²) in [6, 6.07) is 0. The number of ether oxygens (including phenoxy) is 2. The Morgan fingerprint density at radius 1 is 1.00 bits per heavy atom. The number of nitrogens with one attached hydrogen (secondary N) is 1. The van der Waals surface area contributed by atoms with Crippen molar-refractivity contribution in [2.75, 3.05) is 59.2 Å². The molecule has 2 aliphatic heterocycles. The van der Waals surface area contributed by atoms with Crippen LogP contribution in [0.5, 0.6) is 0 Å².